The van der Waals surface area contributed by atoms with Crippen molar-refractivity contribution in [1.82, 2.24) is 5.32 Å². The van der Waals surface area contributed by atoms with Gasteiger partial charge in [-0.25, -0.2) is 4.39 Å². The third kappa shape index (κ3) is 4.97. The average Bonchev–Trinajstić information content (AvgIpc) is 2.81. The zero-order valence-corrected chi connectivity index (χ0v) is 18.1. The van der Waals surface area contributed by atoms with Gasteiger partial charge in [-0.2, -0.15) is 0 Å². The quantitative estimate of drug-likeness (QED) is 0.558. The Bertz CT molecular complexity index is 1020. The van der Waals surface area contributed by atoms with Crippen LogP contribution in [-0.2, 0) is 6.42 Å². The number of hydrogen-bond acceptors (Lipinski definition) is 4. The third-order valence-corrected chi connectivity index (χ3v) is 5.11. The third-order valence-electron chi connectivity index (χ3n) is 5.11. The molecular formula is C25H26FNO4. The highest BCUT2D eigenvalue weighted by Crippen LogP contribution is 2.38. The van der Waals surface area contributed by atoms with Gasteiger partial charge in [0.25, 0.3) is 5.91 Å². The Morgan fingerprint density at radius 3 is 2.06 bits per heavy atom. The minimum Gasteiger partial charge on any atom is -0.493 e. The average molecular weight is 423 g/mol. The molecule has 0 spiro atoms. The van der Waals surface area contributed by atoms with Crippen LogP contribution in [0.4, 0.5) is 4.39 Å². The summed E-state index contributed by atoms with van der Waals surface area (Å²) in [5.74, 6) is 0.435. The first-order chi connectivity index (χ1) is 15.0. The van der Waals surface area contributed by atoms with Crippen LogP contribution in [0.15, 0.2) is 60.7 Å². The van der Waals surface area contributed by atoms with E-state index in [2.05, 4.69) is 12.2 Å². The van der Waals surface area contributed by atoms with Crippen LogP contribution in [0.5, 0.6) is 17.2 Å². The van der Waals surface area contributed by atoms with Crippen molar-refractivity contribution < 1.29 is 23.4 Å². The molecule has 6 heteroatoms. The summed E-state index contributed by atoms with van der Waals surface area (Å²) in [5, 5.41) is 3.01. The summed E-state index contributed by atoms with van der Waals surface area (Å²) in [6.07, 6.45) is 0.905. The van der Waals surface area contributed by atoms with Gasteiger partial charge in [0.2, 0.25) is 5.75 Å². The van der Waals surface area contributed by atoms with E-state index in [4.69, 9.17) is 14.2 Å². The van der Waals surface area contributed by atoms with Gasteiger partial charge >= 0.3 is 0 Å². The molecule has 0 aliphatic carbocycles. The van der Waals surface area contributed by atoms with E-state index in [0.717, 1.165) is 12.0 Å². The predicted molar refractivity (Wildman–Crippen MR) is 118 cm³/mol. The molecule has 0 heterocycles. The topological polar surface area (TPSA) is 56.8 Å². The van der Waals surface area contributed by atoms with E-state index < -0.39 is 6.04 Å². The summed E-state index contributed by atoms with van der Waals surface area (Å²) in [6.45, 7) is 2.07. The van der Waals surface area contributed by atoms with Crippen LogP contribution < -0.4 is 19.5 Å². The first kappa shape index (κ1) is 22.2. The van der Waals surface area contributed by atoms with Crippen molar-refractivity contribution in [1.29, 1.82) is 0 Å². The number of rotatable bonds is 8. The second-order valence-corrected chi connectivity index (χ2v) is 6.97. The van der Waals surface area contributed by atoms with E-state index in [9.17, 15) is 9.18 Å². The first-order valence-corrected chi connectivity index (χ1v) is 9.95. The van der Waals surface area contributed by atoms with Crippen molar-refractivity contribution in [3.63, 3.8) is 0 Å². The molecule has 1 amide bonds. The molecule has 1 N–H and O–H groups in total. The summed E-state index contributed by atoms with van der Waals surface area (Å²) >= 11 is 0. The minimum atomic E-state index is -0.534. The number of benzene rings is 3. The summed E-state index contributed by atoms with van der Waals surface area (Å²) < 4.78 is 30.0. The minimum absolute atomic E-state index is 0.334. The number of carbonyl (C=O) groups excluding carboxylic acids is 1. The molecule has 3 aromatic rings. The molecule has 3 rings (SSSR count). The molecule has 0 aliphatic heterocycles. The van der Waals surface area contributed by atoms with Crippen molar-refractivity contribution >= 4 is 5.91 Å². The van der Waals surface area contributed by atoms with Crippen LogP contribution in [0.3, 0.4) is 0 Å². The number of hydrogen-bond donors (Lipinski definition) is 1. The van der Waals surface area contributed by atoms with Crippen LogP contribution in [-0.4, -0.2) is 27.2 Å². The van der Waals surface area contributed by atoms with E-state index in [-0.39, 0.29) is 11.7 Å². The van der Waals surface area contributed by atoms with Gasteiger partial charge in [0.05, 0.1) is 27.4 Å². The highest BCUT2D eigenvalue weighted by molar-refractivity contribution is 5.96. The number of aryl methyl sites for hydroxylation is 1. The Kier molecular flexibility index (Phi) is 7.13. The molecule has 0 unspecified atom stereocenters. The number of methoxy groups -OCH3 is 3. The van der Waals surface area contributed by atoms with Gasteiger partial charge in [-0.3, -0.25) is 4.79 Å². The van der Waals surface area contributed by atoms with E-state index in [1.54, 1.807) is 24.3 Å². The molecule has 3 aromatic carbocycles. The summed E-state index contributed by atoms with van der Waals surface area (Å²) in [7, 11) is 4.48. The largest absolute Gasteiger partial charge is 0.493 e. The fourth-order valence-electron chi connectivity index (χ4n) is 3.42. The van der Waals surface area contributed by atoms with Crippen LogP contribution in [0, 0.1) is 5.82 Å². The SMILES string of the molecule is CCc1ccc([C@H](NC(=O)c2cc(OC)c(OC)c(OC)c2)c2cccc(F)c2)cc1. The number of amides is 1. The summed E-state index contributed by atoms with van der Waals surface area (Å²) in [4.78, 5) is 13.2. The monoisotopic (exact) mass is 423 g/mol. The van der Waals surface area contributed by atoms with E-state index in [0.29, 0.717) is 28.4 Å². The fourth-order valence-corrected chi connectivity index (χ4v) is 3.42. The molecule has 0 saturated heterocycles. The molecular weight excluding hydrogens is 397 g/mol. The lowest BCUT2D eigenvalue weighted by Gasteiger charge is -2.21. The second-order valence-electron chi connectivity index (χ2n) is 6.97. The number of ether oxygens (including phenoxy) is 3. The zero-order valence-electron chi connectivity index (χ0n) is 18.1. The van der Waals surface area contributed by atoms with Crippen molar-refractivity contribution in [2.24, 2.45) is 0 Å². The lowest BCUT2D eigenvalue weighted by molar-refractivity contribution is 0.0942. The molecule has 1 atom stereocenters. The van der Waals surface area contributed by atoms with Crippen LogP contribution in [0.2, 0.25) is 0 Å². The highest BCUT2D eigenvalue weighted by atomic mass is 19.1. The van der Waals surface area contributed by atoms with Gasteiger partial charge in [0.1, 0.15) is 5.82 Å². The van der Waals surface area contributed by atoms with Crippen molar-refractivity contribution in [2.45, 2.75) is 19.4 Å². The van der Waals surface area contributed by atoms with Crippen LogP contribution in [0.25, 0.3) is 0 Å². The second kappa shape index (κ2) is 9.98. The van der Waals surface area contributed by atoms with Crippen LogP contribution in [0.1, 0.15) is 40.0 Å². The van der Waals surface area contributed by atoms with Crippen molar-refractivity contribution in [3.8, 4) is 17.2 Å². The molecule has 0 bridgehead atoms. The normalized spacial score (nSPS) is 11.5. The van der Waals surface area contributed by atoms with Gasteiger partial charge < -0.3 is 19.5 Å². The smallest absolute Gasteiger partial charge is 0.252 e. The lowest BCUT2D eigenvalue weighted by Crippen LogP contribution is -2.29. The Labute approximate surface area is 181 Å². The maximum absolute atomic E-state index is 13.9. The van der Waals surface area contributed by atoms with Gasteiger partial charge in [-0.15, -0.1) is 0 Å². The van der Waals surface area contributed by atoms with Gasteiger partial charge in [-0.1, -0.05) is 43.3 Å². The molecule has 31 heavy (non-hydrogen) atoms. The Morgan fingerprint density at radius 2 is 1.55 bits per heavy atom. The van der Waals surface area contributed by atoms with E-state index >= 15 is 0 Å². The number of nitrogens with one attached hydrogen (secondary N) is 1. The van der Waals surface area contributed by atoms with Crippen LogP contribution >= 0.6 is 0 Å². The fraction of sp³-hybridized carbons (Fsp3) is 0.240. The molecule has 5 nitrogen and oxygen atoms in total. The molecule has 0 fully saturated rings. The molecule has 0 aliphatic rings. The molecule has 0 aromatic heterocycles. The Morgan fingerprint density at radius 1 is 0.903 bits per heavy atom. The maximum Gasteiger partial charge on any atom is 0.252 e. The molecule has 0 saturated carbocycles. The maximum atomic E-state index is 13.9. The van der Waals surface area contributed by atoms with Gasteiger partial charge in [0, 0.05) is 5.56 Å². The van der Waals surface area contributed by atoms with Gasteiger partial charge in [0.15, 0.2) is 11.5 Å². The summed E-state index contributed by atoms with van der Waals surface area (Å²) in [5.41, 5.74) is 3.01. The number of halogens is 1. The first-order valence-electron chi connectivity index (χ1n) is 9.95. The highest BCUT2D eigenvalue weighted by Gasteiger charge is 2.22. The Balaban J connectivity index is 2.00. The molecule has 162 valence electrons. The van der Waals surface area contributed by atoms with E-state index in [1.807, 2.05) is 24.3 Å². The van der Waals surface area contributed by atoms with E-state index in [1.165, 1.54) is 39.0 Å². The predicted octanol–water partition coefficient (Wildman–Crippen LogP) is 4.93. The standard InChI is InChI=1S/C25H26FNO4/c1-5-16-9-11-17(12-10-16)23(18-7-6-8-20(26)13-18)27-25(28)19-14-21(29-2)24(31-4)22(15-19)30-3/h6-15,23H,5H2,1-4H3,(H,27,28)/t23-/m0/s1. The van der Waals surface area contributed by atoms with Crippen molar-refractivity contribution in [2.75, 3.05) is 21.3 Å². The number of carbonyl (C=O) groups is 1. The lowest BCUT2D eigenvalue weighted by atomic mass is 9.96. The zero-order chi connectivity index (χ0) is 22.4. The Hall–Kier alpha value is -3.54. The molecule has 0 radical (unpaired) electrons. The summed E-state index contributed by atoms with van der Waals surface area (Å²) in [6, 6.07) is 16.8. The van der Waals surface area contributed by atoms with Gasteiger partial charge in [-0.05, 0) is 47.4 Å². The van der Waals surface area contributed by atoms with Crippen molar-refractivity contribution in [3.05, 3.63) is 88.7 Å².